The molecule has 0 radical (unpaired) electrons. The van der Waals surface area contributed by atoms with Gasteiger partial charge in [-0.15, -0.1) is 0 Å². The molecular formula is C31H34FN5O4. The lowest BCUT2D eigenvalue weighted by atomic mass is 9.91. The number of hydrogen-bond donors (Lipinski definition) is 3. The number of aromatic nitrogens is 1. The largest absolute Gasteiger partial charge is 0.444 e. The molecule has 3 amide bonds. The molecule has 41 heavy (non-hydrogen) atoms. The van der Waals surface area contributed by atoms with E-state index in [-0.39, 0.29) is 29.5 Å². The summed E-state index contributed by atoms with van der Waals surface area (Å²) in [4.78, 5) is 44.5. The second kappa shape index (κ2) is 12.7. The number of para-hydroxylation sites is 2. The zero-order chi connectivity index (χ0) is 29.6. The Labute approximate surface area is 238 Å². The third-order valence-corrected chi connectivity index (χ3v) is 6.39. The molecule has 0 aliphatic carbocycles. The number of amides is 3. The monoisotopic (exact) mass is 559 g/mol. The lowest BCUT2D eigenvalue weighted by Crippen LogP contribution is -2.28. The minimum absolute atomic E-state index is 0.115. The van der Waals surface area contributed by atoms with Crippen molar-refractivity contribution >= 4 is 41.0 Å². The van der Waals surface area contributed by atoms with E-state index in [0.29, 0.717) is 35.7 Å². The number of pyridine rings is 1. The molecule has 1 aliphatic heterocycles. The molecule has 0 spiro atoms. The van der Waals surface area contributed by atoms with E-state index < -0.39 is 11.7 Å². The lowest BCUT2D eigenvalue weighted by Gasteiger charge is -2.20. The molecule has 1 saturated heterocycles. The van der Waals surface area contributed by atoms with Crippen molar-refractivity contribution < 1.29 is 23.5 Å². The first-order valence-electron chi connectivity index (χ1n) is 13.3. The first-order chi connectivity index (χ1) is 19.5. The second-order valence-corrected chi connectivity index (χ2v) is 10.9. The van der Waals surface area contributed by atoms with Gasteiger partial charge in [-0.25, -0.2) is 9.18 Å². The number of carbonyl (C=O) groups excluding carboxylic acids is 3. The molecule has 2 atom stereocenters. The van der Waals surface area contributed by atoms with Gasteiger partial charge in [0, 0.05) is 42.7 Å². The van der Waals surface area contributed by atoms with Crippen molar-refractivity contribution in [2.75, 3.05) is 36.1 Å². The summed E-state index contributed by atoms with van der Waals surface area (Å²) in [5.41, 5.74) is 2.21. The van der Waals surface area contributed by atoms with Gasteiger partial charge in [0.05, 0.1) is 17.3 Å². The number of benzene rings is 2. The van der Waals surface area contributed by atoms with Crippen LogP contribution in [0.15, 0.2) is 72.9 Å². The van der Waals surface area contributed by atoms with Crippen LogP contribution in [0, 0.1) is 11.7 Å². The van der Waals surface area contributed by atoms with E-state index in [1.165, 1.54) is 30.3 Å². The molecule has 1 aliphatic rings. The van der Waals surface area contributed by atoms with Crippen molar-refractivity contribution in [1.82, 2.24) is 9.88 Å². The number of nitrogens with zero attached hydrogens (tertiary/aromatic N) is 2. The predicted molar refractivity (Wildman–Crippen MR) is 157 cm³/mol. The zero-order valence-electron chi connectivity index (χ0n) is 23.5. The SMILES string of the molecule is CN1CC(C(=O)Nc2ccc(F)cc2)C(c2ccc(C=CC(=O)Nc3ccccc3NC(=O)OC(C)(C)C)cn2)C1. The molecule has 0 saturated carbocycles. The molecule has 2 aromatic carbocycles. The van der Waals surface area contributed by atoms with Crippen molar-refractivity contribution in [1.29, 1.82) is 0 Å². The van der Waals surface area contributed by atoms with Crippen LogP contribution in [-0.2, 0) is 14.3 Å². The summed E-state index contributed by atoms with van der Waals surface area (Å²) < 4.78 is 18.5. The summed E-state index contributed by atoms with van der Waals surface area (Å²) >= 11 is 0. The van der Waals surface area contributed by atoms with E-state index in [1.54, 1.807) is 57.3 Å². The van der Waals surface area contributed by atoms with E-state index >= 15 is 0 Å². The first kappa shape index (κ1) is 29.4. The maximum absolute atomic E-state index is 13.2. The molecule has 10 heteroatoms. The van der Waals surface area contributed by atoms with Crippen LogP contribution in [0.25, 0.3) is 6.08 Å². The molecule has 3 N–H and O–H groups in total. The Kier molecular flexibility index (Phi) is 9.14. The number of likely N-dealkylation sites (tertiary alicyclic amines) is 1. The number of hydrogen-bond acceptors (Lipinski definition) is 6. The second-order valence-electron chi connectivity index (χ2n) is 10.9. The van der Waals surface area contributed by atoms with Crippen LogP contribution < -0.4 is 16.0 Å². The Balaban J connectivity index is 1.37. The molecule has 214 valence electrons. The number of nitrogens with one attached hydrogen (secondary N) is 3. The molecule has 9 nitrogen and oxygen atoms in total. The van der Waals surface area contributed by atoms with Gasteiger partial charge < -0.3 is 20.3 Å². The van der Waals surface area contributed by atoms with Crippen LogP contribution in [0.5, 0.6) is 0 Å². The van der Waals surface area contributed by atoms with Gasteiger partial charge in [-0.05, 0) is 81.9 Å². The van der Waals surface area contributed by atoms with Gasteiger partial charge in [0.15, 0.2) is 0 Å². The quantitative estimate of drug-likeness (QED) is 0.330. The van der Waals surface area contributed by atoms with Crippen LogP contribution in [0.3, 0.4) is 0 Å². The number of rotatable bonds is 7. The van der Waals surface area contributed by atoms with Crippen LogP contribution in [0.2, 0.25) is 0 Å². The lowest BCUT2D eigenvalue weighted by molar-refractivity contribution is -0.120. The maximum atomic E-state index is 13.2. The normalized spacial score (nSPS) is 17.3. The molecule has 0 bridgehead atoms. The summed E-state index contributed by atoms with van der Waals surface area (Å²) in [5, 5.41) is 8.29. The smallest absolute Gasteiger partial charge is 0.412 e. The Morgan fingerprint density at radius 1 is 0.951 bits per heavy atom. The summed E-state index contributed by atoms with van der Waals surface area (Å²) in [7, 11) is 1.95. The van der Waals surface area contributed by atoms with Crippen LogP contribution in [-0.4, -0.2) is 53.5 Å². The summed E-state index contributed by atoms with van der Waals surface area (Å²) in [6.45, 7) is 6.55. The highest BCUT2D eigenvalue weighted by Gasteiger charge is 2.37. The summed E-state index contributed by atoms with van der Waals surface area (Å²) in [6, 6.07) is 16.2. The predicted octanol–water partition coefficient (Wildman–Crippen LogP) is 5.50. The fraction of sp³-hybridized carbons (Fsp3) is 0.290. The fourth-order valence-corrected chi connectivity index (χ4v) is 4.53. The van der Waals surface area contributed by atoms with E-state index in [1.807, 2.05) is 19.2 Å². The van der Waals surface area contributed by atoms with Crippen molar-refractivity contribution in [2.45, 2.75) is 32.3 Å². The van der Waals surface area contributed by atoms with Crippen molar-refractivity contribution in [3.05, 3.63) is 90.0 Å². The van der Waals surface area contributed by atoms with Gasteiger partial charge in [-0.1, -0.05) is 18.2 Å². The molecular weight excluding hydrogens is 525 g/mol. The van der Waals surface area contributed by atoms with Gasteiger partial charge in [-0.3, -0.25) is 19.9 Å². The number of ether oxygens (including phenoxy) is 1. The Morgan fingerprint density at radius 3 is 2.27 bits per heavy atom. The Bertz CT molecular complexity index is 1420. The zero-order valence-corrected chi connectivity index (χ0v) is 23.5. The number of halogens is 1. The molecule has 1 aromatic heterocycles. The number of carbonyl (C=O) groups is 3. The highest BCUT2D eigenvalue weighted by Crippen LogP contribution is 2.32. The highest BCUT2D eigenvalue weighted by molar-refractivity contribution is 6.05. The molecule has 2 heterocycles. The number of likely N-dealkylation sites (N-methyl/N-ethyl adjacent to an activating group) is 1. The average Bonchev–Trinajstić information content (AvgIpc) is 3.31. The van der Waals surface area contributed by atoms with Crippen molar-refractivity contribution in [3.63, 3.8) is 0 Å². The standard InChI is InChI=1S/C31H34FN5O4/c1-31(2,3)41-30(40)36-27-8-6-5-7-26(27)35-28(38)16-10-20-9-15-25(33-17-20)23-18-37(4)19-24(23)29(39)34-22-13-11-21(32)12-14-22/h5-17,23-24H,18-19H2,1-4H3,(H,34,39)(H,35,38)(H,36,40). The number of anilines is 3. The van der Waals surface area contributed by atoms with E-state index in [4.69, 9.17) is 4.74 Å². The van der Waals surface area contributed by atoms with E-state index in [0.717, 1.165) is 5.69 Å². The van der Waals surface area contributed by atoms with E-state index in [9.17, 15) is 18.8 Å². The summed E-state index contributed by atoms with van der Waals surface area (Å²) in [5.74, 6) is -1.33. The van der Waals surface area contributed by atoms with Crippen LogP contribution in [0.4, 0.5) is 26.2 Å². The van der Waals surface area contributed by atoms with Gasteiger partial charge in [-0.2, -0.15) is 0 Å². The minimum atomic E-state index is -0.653. The van der Waals surface area contributed by atoms with E-state index in [2.05, 4.69) is 25.8 Å². The molecule has 4 rings (SSSR count). The topological polar surface area (TPSA) is 113 Å². The average molecular weight is 560 g/mol. The van der Waals surface area contributed by atoms with Crippen LogP contribution in [0.1, 0.15) is 37.9 Å². The molecule has 3 aromatic rings. The fourth-order valence-electron chi connectivity index (χ4n) is 4.53. The third-order valence-electron chi connectivity index (χ3n) is 6.39. The Morgan fingerprint density at radius 2 is 1.63 bits per heavy atom. The third kappa shape index (κ3) is 8.46. The Hall–Kier alpha value is -4.57. The summed E-state index contributed by atoms with van der Waals surface area (Å²) in [6.07, 6.45) is 4.05. The van der Waals surface area contributed by atoms with Gasteiger partial charge >= 0.3 is 6.09 Å². The van der Waals surface area contributed by atoms with Gasteiger partial charge in [0.2, 0.25) is 11.8 Å². The van der Waals surface area contributed by atoms with Crippen molar-refractivity contribution in [2.24, 2.45) is 5.92 Å². The first-order valence-corrected chi connectivity index (χ1v) is 13.3. The van der Waals surface area contributed by atoms with Gasteiger partial charge in [0.25, 0.3) is 0 Å². The maximum Gasteiger partial charge on any atom is 0.412 e. The van der Waals surface area contributed by atoms with Gasteiger partial charge in [0.1, 0.15) is 11.4 Å². The van der Waals surface area contributed by atoms with Crippen molar-refractivity contribution in [3.8, 4) is 0 Å². The molecule has 1 fully saturated rings. The van der Waals surface area contributed by atoms with Crippen LogP contribution >= 0.6 is 0 Å². The minimum Gasteiger partial charge on any atom is -0.444 e. The molecule has 2 unspecified atom stereocenters. The highest BCUT2D eigenvalue weighted by atomic mass is 19.1.